The predicted octanol–water partition coefficient (Wildman–Crippen LogP) is 2.38. The van der Waals surface area contributed by atoms with Crippen LogP contribution in [-0.4, -0.2) is 48.7 Å². The van der Waals surface area contributed by atoms with Crippen molar-refractivity contribution >= 4 is 15.9 Å². The highest BCUT2D eigenvalue weighted by atomic mass is 32.2. The van der Waals surface area contributed by atoms with E-state index in [4.69, 9.17) is 0 Å². The molecule has 0 aliphatic rings. The van der Waals surface area contributed by atoms with Gasteiger partial charge in [-0.1, -0.05) is 26.0 Å². The number of carbonyl (C=O) groups is 1. The Morgan fingerprint density at radius 2 is 1.80 bits per heavy atom. The van der Waals surface area contributed by atoms with Crippen molar-refractivity contribution in [1.82, 2.24) is 14.2 Å². The molecule has 7 heteroatoms. The van der Waals surface area contributed by atoms with Crippen LogP contribution < -0.4 is 0 Å². The molecule has 0 saturated heterocycles. The number of hydrogen-bond donors (Lipinski definition) is 0. The number of sulfonamides is 1. The van der Waals surface area contributed by atoms with Crippen LogP contribution >= 0.6 is 0 Å². The quantitative estimate of drug-likeness (QED) is 0.759. The number of rotatable bonds is 7. The van der Waals surface area contributed by atoms with Crippen LogP contribution in [0.2, 0.25) is 0 Å². The van der Waals surface area contributed by atoms with E-state index >= 15 is 0 Å². The number of hydrogen-bond acceptors (Lipinski definition) is 4. The van der Waals surface area contributed by atoms with Gasteiger partial charge < -0.3 is 4.90 Å². The van der Waals surface area contributed by atoms with Gasteiger partial charge in [0, 0.05) is 31.9 Å². The number of nitrogens with zero attached hydrogens (tertiary/aromatic N) is 3. The summed E-state index contributed by atoms with van der Waals surface area (Å²) in [5.41, 5.74) is 1.11. The Bertz CT molecular complexity index is 818. The van der Waals surface area contributed by atoms with E-state index in [1.54, 1.807) is 39.2 Å². The van der Waals surface area contributed by atoms with Crippen molar-refractivity contribution in [2.75, 3.05) is 20.1 Å². The van der Waals surface area contributed by atoms with Crippen LogP contribution in [0.1, 0.15) is 29.9 Å². The van der Waals surface area contributed by atoms with Gasteiger partial charge in [0.25, 0.3) is 5.91 Å². The van der Waals surface area contributed by atoms with Gasteiger partial charge in [0.15, 0.2) is 0 Å². The fourth-order valence-electron chi connectivity index (χ4n) is 2.53. The monoisotopic (exact) mass is 361 g/mol. The molecule has 2 aromatic rings. The Balaban J connectivity index is 2.24. The zero-order valence-corrected chi connectivity index (χ0v) is 15.5. The Labute approximate surface area is 149 Å². The second-order valence-corrected chi connectivity index (χ2v) is 7.54. The van der Waals surface area contributed by atoms with Gasteiger partial charge in [-0.25, -0.2) is 8.42 Å². The second-order valence-electron chi connectivity index (χ2n) is 5.60. The first-order valence-corrected chi connectivity index (χ1v) is 9.59. The first-order valence-electron chi connectivity index (χ1n) is 8.15. The summed E-state index contributed by atoms with van der Waals surface area (Å²) in [6.45, 7) is 4.70. The Hall–Kier alpha value is -2.25. The van der Waals surface area contributed by atoms with E-state index in [0.29, 0.717) is 25.2 Å². The van der Waals surface area contributed by atoms with E-state index in [-0.39, 0.29) is 10.8 Å². The van der Waals surface area contributed by atoms with Gasteiger partial charge >= 0.3 is 0 Å². The lowest BCUT2D eigenvalue weighted by atomic mass is 10.2. The highest BCUT2D eigenvalue weighted by molar-refractivity contribution is 7.89. The molecular weight excluding hydrogens is 338 g/mol. The van der Waals surface area contributed by atoms with Crippen molar-refractivity contribution in [2.24, 2.45) is 0 Å². The molecule has 0 unspecified atom stereocenters. The highest BCUT2D eigenvalue weighted by Crippen LogP contribution is 2.18. The van der Waals surface area contributed by atoms with E-state index in [1.807, 2.05) is 18.2 Å². The van der Waals surface area contributed by atoms with E-state index in [1.165, 1.54) is 21.3 Å². The summed E-state index contributed by atoms with van der Waals surface area (Å²) < 4.78 is 26.6. The van der Waals surface area contributed by atoms with E-state index in [2.05, 4.69) is 4.98 Å². The molecule has 134 valence electrons. The smallest absolute Gasteiger partial charge is 0.253 e. The predicted molar refractivity (Wildman–Crippen MR) is 96.6 cm³/mol. The van der Waals surface area contributed by atoms with E-state index in [0.717, 1.165) is 5.69 Å². The van der Waals surface area contributed by atoms with Crippen molar-refractivity contribution in [2.45, 2.75) is 25.3 Å². The van der Waals surface area contributed by atoms with Crippen molar-refractivity contribution < 1.29 is 13.2 Å². The van der Waals surface area contributed by atoms with Gasteiger partial charge in [0.05, 0.1) is 17.1 Å². The summed E-state index contributed by atoms with van der Waals surface area (Å²) in [5, 5.41) is 0. The summed E-state index contributed by atoms with van der Waals surface area (Å²) in [6.07, 6.45) is 1.67. The average Bonchev–Trinajstić information content (AvgIpc) is 2.62. The van der Waals surface area contributed by atoms with Crippen LogP contribution in [0.25, 0.3) is 0 Å². The number of benzene rings is 1. The Kier molecular flexibility index (Phi) is 6.27. The molecule has 0 aliphatic carbocycles. The van der Waals surface area contributed by atoms with Crippen LogP contribution in [0, 0.1) is 0 Å². The molecule has 25 heavy (non-hydrogen) atoms. The lowest BCUT2D eigenvalue weighted by Gasteiger charge is -2.20. The third-order valence-electron chi connectivity index (χ3n) is 3.90. The average molecular weight is 361 g/mol. The molecule has 0 radical (unpaired) electrons. The fraction of sp³-hybridized carbons (Fsp3) is 0.333. The van der Waals surface area contributed by atoms with Gasteiger partial charge in [-0.3, -0.25) is 9.78 Å². The molecule has 0 atom stereocenters. The molecule has 0 bridgehead atoms. The Morgan fingerprint density at radius 1 is 1.08 bits per heavy atom. The van der Waals surface area contributed by atoms with Crippen LogP contribution in [-0.2, 0) is 16.6 Å². The molecule has 0 N–H and O–H groups in total. The lowest BCUT2D eigenvalue weighted by molar-refractivity contribution is 0.0783. The molecular formula is C18H23N3O3S. The summed E-state index contributed by atoms with van der Waals surface area (Å²) >= 11 is 0. The molecule has 0 spiro atoms. The third kappa shape index (κ3) is 4.43. The zero-order chi connectivity index (χ0) is 18.4. The summed E-state index contributed by atoms with van der Waals surface area (Å²) in [6, 6.07) is 11.7. The van der Waals surface area contributed by atoms with Crippen molar-refractivity contribution in [1.29, 1.82) is 0 Å². The van der Waals surface area contributed by atoms with Crippen LogP contribution in [0.3, 0.4) is 0 Å². The standard InChI is InChI=1S/C18H23N3O3S/c1-4-21(5-2)25(23,24)17-11-8-9-15(13-17)18(22)20(3)14-16-10-6-7-12-19-16/h6-13H,4-5,14H2,1-3H3. The largest absolute Gasteiger partial charge is 0.336 e. The molecule has 1 aromatic carbocycles. The lowest BCUT2D eigenvalue weighted by Crippen LogP contribution is -2.31. The third-order valence-corrected chi connectivity index (χ3v) is 5.94. The van der Waals surface area contributed by atoms with E-state index < -0.39 is 10.0 Å². The van der Waals surface area contributed by atoms with Gasteiger partial charge in [0.2, 0.25) is 10.0 Å². The van der Waals surface area contributed by atoms with Gasteiger partial charge in [-0.15, -0.1) is 0 Å². The zero-order valence-electron chi connectivity index (χ0n) is 14.7. The molecule has 2 rings (SSSR count). The maximum Gasteiger partial charge on any atom is 0.253 e. The first kappa shape index (κ1) is 19.1. The minimum atomic E-state index is -3.59. The molecule has 0 aliphatic heterocycles. The highest BCUT2D eigenvalue weighted by Gasteiger charge is 2.23. The normalized spacial score (nSPS) is 11.5. The summed E-state index contributed by atoms with van der Waals surface area (Å²) in [7, 11) is -1.92. The number of amides is 1. The maximum atomic E-state index is 12.6. The molecule has 1 aromatic heterocycles. The molecule has 1 heterocycles. The minimum Gasteiger partial charge on any atom is -0.336 e. The summed E-state index contributed by atoms with van der Waals surface area (Å²) in [5.74, 6) is -0.248. The fourth-order valence-corrected chi connectivity index (χ4v) is 4.03. The number of carbonyl (C=O) groups excluding carboxylic acids is 1. The summed E-state index contributed by atoms with van der Waals surface area (Å²) in [4.78, 5) is 18.5. The SMILES string of the molecule is CCN(CC)S(=O)(=O)c1cccc(C(=O)N(C)Cc2ccccn2)c1. The van der Waals surface area contributed by atoms with Gasteiger partial charge in [0.1, 0.15) is 0 Å². The molecule has 0 saturated carbocycles. The van der Waals surface area contributed by atoms with Crippen molar-refractivity contribution in [3.63, 3.8) is 0 Å². The van der Waals surface area contributed by atoms with Crippen LogP contribution in [0.15, 0.2) is 53.6 Å². The topological polar surface area (TPSA) is 70.6 Å². The number of aromatic nitrogens is 1. The van der Waals surface area contributed by atoms with Gasteiger partial charge in [-0.05, 0) is 30.3 Å². The Morgan fingerprint density at radius 3 is 2.40 bits per heavy atom. The van der Waals surface area contributed by atoms with Crippen LogP contribution in [0.5, 0.6) is 0 Å². The number of pyridine rings is 1. The minimum absolute atomic E-state index is 0.133. The first-order chi connectivity index (χ1) is 11.9. The van der Waals surface area contributed by atoms with Crippen molar-refractivity contribution in [3.8, 4) is 0 Å². The van der Waals surface area contributed by atoms with Crippen LogP contribution in [0.4, 0.5) is 0 Å². The maximum absolute atomic E-state index is 12.6. The second kappa shape index (κ2) is 8.22. The van der Waals surface area contributed by atoms with Gasteiger partial charge in [-0.2, -0.15) is 4.31 Å². The van der Waals surface area contributed by atoms with E-state index in [9.17, 15) is 13.2 Å². The molecule has 1 amide bonds. The van der Waals surface area contributed by atoms with Crippen molar-refractivity contribution in [3.05, 3.63) is 59.9 Å². The molecule has 6 nitrogen and oxygen atoms in total. The molecule has 0 fully saturated rings.